The third-order valence-electron chi connectivity index (χ3n) is 0.471. The first-order valence-electron chi connectivity index (χ1n) is 1.69. The molecule has 1 rings (SSSR count). The van der Waals surface area contributed by atoms with Gasteiger partial charge in [-0.3, -0.25) is 0 Å². The van der Waals surface area contributed by atoms with Crippen LogP contribution in [0.15, 0.2) is 18.2 Å². The maximum Gasteiger partial charge on any atom is 1.00 e. The molecule has 0 aromatic heterocycles. The maximum absolute atomic E-state index is 3.53. The van der Waals surface area contributed by atoms with E-state index in [4.69, 9.17) is 0 Å². The monoisotopic (exact) mass is 78.0 g/mol. The zero-order chi connectivity index (χ0) is 4.24. The van der Waals surface area contributed by atoms with E-state index in [9.17, 15) is 0 Å². The Morgan fingerprint density at radius 3 is 3.00 bits per heavy atom. The molecule has 1 aliphatic rings. The van der Waals surface area contributed by atoms with E-state index in [1.54, 1.807) is 12.2 Å². The van der Waals surface area contributed by atoms with Gasteiger partial charge in [0, 0.05) is 0 Å². The predicted octanol–water partition coefficient (Wildman–Crippen LogP) is -0.0904. The fourth-order valence-corrected chi connectivity index (χ4v) is 0.246. The van der Waals surface area contributed by atoms with E-state index in [-0.39, 0.29) is 1.43 Å². The summed E-state index contributed by atoms with van der Waals surface area (Å²) in [5.74, 6) is 2.59. The highest BCUT2D eigenvalue weighted by Crippen LogP contribution is 1.65. The minimum Gasteiger partial charge on any atom is -0.173 e. The van der Waals surface area contributed by atoms with Gasteiger partial charge in [0.1, 0.15) is 5.87 Å². The molecule has 0 amide bonds. The summed E-state index contributed by atoms with van der Waals surface area (Å²) in [5.41, 5.74) is 0. The van der Waals surface area contributed by atoms with E-state index in [2.05, 4.69) is 16.8 Å². The van der Waals surface area contributed by atoms with Crippen molar-refractivity contribution in [3.8, 4) is 0 Å². The molecule has 0 saturated heterocycles. The Balaban J connectivity index is 0.000000360. The van der Waals surface area contributed by atoms with Crippen molar-refractivity contribution in [2.24, 2.45) is 0 Å². The fourth-order valence-electron chi connectivity index (χ4n) is 0.246. The molecule has 0 aliphatic carbocycles. The van der Waals surface area contributed by atoms with Gasteiger partial charge in [-0.15, -0.1) is 0 Å². The van der Waals surface area contributed by atoms with Gasteiger partial charge in [0.05, 0.1) is 0 Å². The lowest BCUT2D eigenvalue weighted by molar-refractivity contribution is 1.74. The van der Waals surface area contributed by atoms with Crippen molar-refractivity contribution in [1.29, 1.82) is 0 Å². The molecule has 0 fully saturated rings. The van der Waals surface area contributed by atoms with Gasteiger partial charge in [0.25, 0.3) is 6.21 Å². The molecule has 0 unspecified atom stereocenters. The zero-order valence-electron chi connectivity index (χ0n) is 4.18. The van der Waals surface area contributed by atoms with Crippen molar-refractivity contribution in [3.63, 3.8) is 0 Å². The van der Waals surface area contributed by atoms with Crippen LogP contribution in [0.5, 0.6) is 0 Å². The van der Waals surface area contributed by atoms with Crippen LogP contribution < -0.4 is 4.67 Å². The highest BCUT2D eigenvalue weighted by molar-refractivity contribution is 5.77. The summed E-state index contributed by atoms with van der Waals surface area (Å²) in [4.78, 5) is 0. The van der Waals surface area contributed by atoms with E-state index in [0.29, 0.717) is 0 Å². The Morgan fingerprint density at radius 1 is 1.83 bits per heavy atom. The number of rotatable bonds is 0. The number of hydrogen-bond donors (Lipinski definition) is 0. The fraction of sp³-hybridized carbons (Fsp3) is 0. The van der Waals surface area contributed by atoms with Crippen LogP contribution in [-0.4, -0.2) is 12.1 Å². The third kappa shape index (κ3) is 0.467. The van der Waals surface area contributed by atoms with Gasteiger partial charge in [0.2, 0.25) is 0 Å². The molecule has 0 atom stereocenters. The lowest BCUT2D eigenvalue weighted by atomic mass is 10.5. The van der Waals surface area contributed by atoms with Crippen molar-refractivity contribution in [3.05, 3.63) is 18.2 Å². The van der Waals surface area contributed by atoms with E-state index in [1.807, 2.05) is 6.08 Å². The zero-order valence-corrected chi connectivity index (χ0v) is 3.18. The molecule has 0 aromatic carbocycles. The number of nitrogens with zero attached hydrogens (tertiary/aromatic N) is 1. The molecule has 1 heterocycles. The lowest BCUT2D eigenvalue weighted by Crippen LogP contribution is -1.74. The molecule has 1 aliphatic heterocycles. The van der Waals surface area contributed by atoms with Crippen LogP contribution in [0.3, 0.4) is 0 Å². The summed E-state index contributed by atoms with van der Waals surface area (Å²) in [6.07, 6.45) is 7.88. The SMILES string of the molecule is C1=CC=C[C-]=[N+]=1.[H+]. The second-order valence-corrected chi connectivity index (χ2v) is 0.896. The van der Waals surface area contributed by atoms with Crippen molar-refractivity contribution >= 4 is 12.1 Å². The van der Waals surface area contributed by atoms with Gasteiger partial charge in [-0.25, -0.2) is 0 Å². The van der Waals surface area contributed by atoms with Crippen molar-refractivity contribution in [1.82, 2.24) is 4.67 Å². The van der Waals surface area contributed by atoms with Crippen molar-refractivity contribution in [2.75, 3.05) is 0 Å². The van der Waals surface area contributed by atoms with Crippen LogP contribution in [0.1, 0.15) is 1.43 Å². The Hall–Kier alpha value is -1.03. The van der Waals surface area contributed by atoms with Crippen LogP contribution in [0.25, 0.3) is 0 Å². The van der Waals surface area contributed by atoms with Crippen molar-refractivity contribution < 1.29 is 1.43 Å². The molecule has 0 bridgehead atoms. The smallest absolute Gasteiger partial charge is 0.173 e. The lowest BCUT2D eigenvalue weighted by Gasteiger charge is -1.66. The summed E-state index contributed by atoms with van der Waals surface area (Å²) in [7, 11) is 0. The van der Waals surface area contributed by atoms with Gasteiger partial charge in [-0.1, -0.05) is 12.2 Å². The highest BCUT2D eigenvalue weighted by Gasteiger charge is 1.63. The van der Waals surface area contributed by atoms with Crippen LogP contribution in [-0.2, 0) is 0 Å². The molecule has 0 saturated carbocycles. The molecular formula is C5H4N+. The average Bonchev–Trinajstić information content (AvgIpc) is 1.72. The normalized spacial score (nSPS) is 13.3. The van der Waals surface area contributed by atoms with Crippen LogP contribution in [0.2, 0.25) is 0 Å². The van der Waals surface area contributed by atoms with E-state index in [1.165, 1.54) is 0 Å². The minimum absolute atomic E-state index is 0. The molecular weight excluding hydrogens is 74.1 g/mol. The van der Waals surface area contributed by atoms with Gasteiger partial charge >= 0.3 is 1.43 Å². The average molecular weight is 78.1 g/mol. The minimum atomic E-state index is 0. The van der Waals surface area contributed by atoms with Gasteiger partial charge in [-0.2, -0.15) is 10.7 Å². The Bertz CT molecular complexity index is 139. The molecule has 0 aromatic rings. The highest BCUT2D eigenvalue weighted by atomic mass is 14.5. The molecule has 28 valence electrons. The first-order chi connectivity index (χ1) is 3.00. The summed E-state index contributed by atoms with van der Waals surface area (Å²) in [5, 5.41) is 0. The van der Waals surface area contributed by atoms with Gasteiger partial charge in [-0.05, 0) is 0 Å². The summed E-state index contributed by atoms with van der Waals surface area (Å²) < 4.78 is 3.53. The Kier molecular flexibility index (Phi) is 0.749. The molecule has 0 radical (unpaired) electrons. The molecule has 1 heteroatoms. The molecule has 0 N–H and O–H groups in total. The Morgan fingerprint density at radius 2 is 2.83 bits per heavy atom. The van der Waals surface area contributed by atoms with Crippen LogP contribution in [0.4, 0.5) is 0 Å². The topological polar surface area (TPSA) is 14.1 Å². The molecule has 1 nitrogen and oxygen atoms in total. The van der Waals surface area contributed by atoms with Crippen LogP contribution in [0, 0.1) is 0 Å². The van der Waals surface area contributed by atoms with Crippen molar-refractivity contribution in [2.45, 2.75) is 0 Å². The van der Waals surface area contributed by atoms with E-state index >= 15 is 0 Å². The first kappa shape index (κ1) is 3.17. The van der Waals surface area contributed by atoms with Gasteiger partial charge < -0.3 is 0 Å². The Labute approximate surface area is 37.5 Å². The predicted molar refractivity (Wildman–Crippen MR) is 27.0 cm³/mol. The summed E-state index contributed by atoms with van der Waals surface area (Å²) in [6, 6.07) is 0. The number of allylic oxidation sites excluding steroid dienone is 3. The quantitative estimate of drug-likeness (QED) is 0.284. The second-order valence-electron chi connectivity index (χ2n) is 0.896. The van der Waals surface area contributed by atoms with Crippen LogP contribution >= 0.6 is 0 Å². The maximum atomic E-state index is 3.53. The summed E-state index contributed by atoms with van der Waals surface area (Å²) in [6.45, 7) is 0. The first-order valence-corrected chi connectivity index (χ1v) is 1.69. The standard InChI is InChI=1S/C5H3N/c1-2-4-6-5-3-1/h1-3H/p+1. The molecule has 6 heavy (non-hydrogen) atoms. The summed E-state index contributed by atoms with van der Waals surface area (Å²) >= 11 is 0. The van der Waals surface area contributed by atoms with E-state index in [0.717, 1.165) is 0 Å². The van der Waals surface area contributed by atoms with Gasteiger partial charge in [0.15, 0.2) is 0 Å². The molecule has 0 spiro atoms. The number of hydrogen-bond acceptors (Lipinski definition) is 0. The van der Waals surface area contributed by atoms with E-state index < -0.39 is 0 Å². The second kappa shape index (κ2) is 1.42. The third-order valence-corrected chi connectivity index (χ3v) is 0.471. The largest absolute Gasteiger partial charge is 1.00 e.